The monoisotopic (exact) mass is 409 g/mol. The molecule has 1 saturated heterocycles. The third-order valence-electron chi connectivity index (χ3n) is 5.18. The van der Waals surface area contributed by atoms with Crippen LogP contribution in [0.4, 0.5) is 4.79 Å². The fourth-order valence-corrected chi connectivity index (χ4v) is 3.66. The summed E-state index contributed by atoms with van der Waals surface area (Å²) >= 11 is 5.94. The Balaban J connectivity index is 1.57. The van der Waals surface area contributed by atoms with Crippen LogP contribution in [0.3, 0.4) is 0 Å². The lowest BCUT2D eigenvalue weighted by Crippen LogP contribution is -2.40. The average Bonchev–Trinajstić information content (AvgIpc) is 3.21. The van der Waals surface area contributed by atoms with E-state index in [9.17, 15) is 9.59 Å². The van der Waals surface area contributed by atoms with Crippen LogP contribution in [0.2, 0.25) is 5.02 Å². The maximum atomic E-state index is 13.0. The molecule has 29 heavy (non-hydrogen) atoms. The molecule has 1 aliphatic heterocycles. The zero-order valence-electron chi connectivity index (χ0n) is 16.3. The van der Waals surface area contributed by atoms with Crippen LogP contribution in [0.15, 0.2) is 53.1 Å². The van der Waals surface area contributed by atoms with Crippen LogP contribution >= 0.6 is 11.6 Å². The van der Waals surface area contributed by atoms with E-state index in [1.807, 2.05) is 32.0 Å². The Morgan fingerprint density at radius 1 is 1.14 bits per heavy atom. The summed E-state index contributed by atoms with van der Waals surface area (Å²) in [5.74, 6) is 0.117. The van der Waals surface area contributed by atoms with Crippen LogP contribution in [0.25, 0.3) is 11.5 Å². The number of nitrogens with zero attached hydrogens (tertiary/aromatic N) is 2. The minimum atomic E-state index is -1.15. The van der Waals surface area contributed by atoms with Gasteiger partial charge in [-0.05, 0) is 50.1 Å². The summed E-state index contributed by atoms with van der Waals surface area (Å²) in [5, 5.41) is 3.34. The van der Waals surface area contributed by atoms with E-state index in [1.54, 1.807) is 31.2 Å². The third kappa shape index (κ3) is 3.40. The molecule has 7 heteroatoms. The van der Waals surface area contributed by atoms with E-state index >= 15 is 0 Å². The van der Waals surface area contributed by atoms with Gasteiger partial charge in [-0.2, -0.15) is 0 Å². The van der Waals surface area contributed by atoms with Crippen molar-refractivity contribution >= 4 is 23.5 Å². The SMILES string of the molecule is Cc1ccc(-c2nc(CN3C(=O)N[C@](C)(c4ccc(Cl)cc4)C3=O)co2)c(C)c1. The minimum Gasteiger partial charge on any atom is -0.444 e. The fourth-order valence-electron chi connectivity index (χ4n) is 3.54. The van der Waals surface area contributed by atoms with Crippen molar-refractivity contribution in [3.05, 3.63) is 76.1 Å². The number of oxazole rings is 1. The number of benzene rings is 2. The predicted octanol–water partition coefficient (Wildman–Crippen LogP) is 4.58. The summed E-state index contributed by atoms with van der Waals surface area (Å²) in [5.41, 5.74) is 3.09. The van der Waals surface area contributed by atoms with Gasteiger partial charge in [0.25, 0.3) is 5.91 Å². The van der Waals surface area contributed by atoms with Crippen LogP contribution in [-0.2, 0) is 16.9 Å². The number of rotatable bonds is 4. The molecule has 1 atom stereocenters. The van der Waals surface area contributed by atoms with Crippen molar-refractivity contribution in [1.29, 1.82) is 0 Å². The molecule has 148 valence electrons. The first kappa shape index (κ1) is 19.2. The number of nitrogens with one attached hydrogen (secondary N) is 1. The quantitative estimate of drug-likeness (QED) is 0.640. The van der Waals surface area contributed by atoms with E-state index in [1.165, 1.54) is 6.26 Å². The first-order valence-electron chi connectivity index (χ1n) is 9.20. The van der Waals surface area contributed by atoms with E-state index in [0.717, 1.165) is 21.6 Å². The normalized spacial score (nSPS) is 19.0. The van der Waals surface area contributed by atoms with Gasteiger partial charge in [-0.15, -0.1) is 0 Å². The molecule has 0 bridgehead atoms. The van der Waals surface area contributed by atoms with Crippen LogP contribution in [0.5, 0.6) is 0 Å². The van der Waals surface area contributed by atoms with Gasteiger partial charge in [0.15, 0.2) is 0 Å². The Hall–Kier alpha value is -3.12. The Kier molecular flexibility index (Phi) is 4.67. The highest BCUT2D eigenvalue weighted by molar-refractivity contribution is 6.30. The van der Waals surface area contributed by atoms with Gasteiger partial charge in [-0.3, -0.25) is 9.69 Å². The van der Waals surface area contributed by atoms with Gasteiger partial charge >= 0.3 is 6.03 Å². The summed E-state index contributed by atoms with van der Waals surface area (Å²) in [4.78, 5) is 31.2. The molecular weight excluding hydrogens is 390 g/mol. The second kappa shape index (κ2) is 7.04. The average molecular weight is 410 g/mol. The zero-order chi connectivity index (χ0) is 20.8. The van der Waals surface area contributed by atoms with Crippen LogP contribution in [-0.4, -0.2) is 21.8 Å². The second-order valence-corrected chi connectivity index (χ2v) is 7.85. The summed E-state index contributed by atoms with van der Waals surface area (Å²) < 4.78 is 5.61. The third-order valence-corrected chi connectivity index (χ3v) is 5.43. The largest absolute Gasteiger partial charge is 0.444 e. The van der Waals surface area contributed by atoms with Gasteiger partial charge in [0, 0.05) is 10.6 Å². The summed E-state index contributed by atoms with van der Waals surface area (Å²) in [6, 6.07) is 12.4. The number of carbonyl (C=O) groups excluding carboxylic acids is 2. The molecule has 0 spiro atoms. The number of urea groups is 1. The lowest BCUT2D eigenvalue weighted by molar-refractivity contribution is -0.131. The number of imide groups is 1. The zero-order valence-corrected chi connectivity index (χ0v) is 17.1. The topological polar surface area (TPSA) is 75.4 Å². The molecule has 2 heterocycles. The number of hydrogen-bond acceptors (Lipinski definition) is 4. The second-order valence-electron chi connectivity index (χ2n) is 7.42. The maximum Gasteiger partial charge on any atom is 0.325 e. The molecule has 0 radical (unpaired) electrons. The number of hydrogen-bond donors (Lipinski definition) is 1. The smallest absolute Gasteiger partial charge is 0.325 e. The van der Waals surface area contributed by atoms with Crippen molar-refractivity contribution in [2.45, 2.75) is 32.9 Å². The first-order valence-corrected chi connectivity index (χ1v) is 9.58. The van der Waals surface area contributed by atoms with E-state index in [0.29, 0.717) is 22.2 Å². The molecule has 1 aliphatic rings. The molecule has 3 amide bonds. The van der Waals surface area contributed by atoms with E-state index in [-0.39, 0.29) is 12.5 Å². The number of halogens is 1. The van der Waals surface area contributed by atoms with Crippen molar-refractivity contribution in [2.24, 2.45) is 0 Å². The Morgan fingerprint density at radius 3 is 2.55 bits per heavy atom. The molecule has 0 saturated carbocycles. The van der Waals surface area contributed by atoms with Gasteiger partial charge in [0.1, 0.15) is 11.8 Å². The minimum absolute atomic E-state index is 0.0300. The highest BCUT2D eigenvalue weighted by atomic mass is 35.5. The molecule has 1 N–H and O–H groups in total. The number of aromatic nitrogens is 1. The Labute approximate surface area is 173 Å². The van der Waals surface area contributed by atoms with E-state index in [4.69, 9.17) is 16.0 Å². The maximum absolute atomic E-state index is 13.0. The first-order chi connectivity index (χ1) is 13.8. The summed E-state index contributed by atoms with van der Waals surface area (Å²) in [6.07, 6.45) is 1.48. The number of carbonyl (C=O) groups is 2. The molecule has 1 aromatic heterocycles. The number of amides is 3. The lowest BCUT2D eigenvalue weighted by Gasteiger charge is -2.22. The van der Waals surface area contributed by atoms with Crippen molar-refractivity contribution in [3.8, 4) is 11.5 Å². The Morgan fingerprint density at radius 2 is 1.86 bits per heavy atom. The highest BCUT2D eigenvalue weighted by Gasteiger charge is 2.49. The van der Waals surface area contributed by atoms with Crippen molar-refractivity contribution in [2.75, 3.05) is 0 Å². The van der Waals surface area contributed by atoms with Gasteiger partial charge in [-0.25, -0.2) is 9.78 Å². The van der Waals surface area contributed by atoms with E-state index < -0.39 is 11.6 Å². The number of aryl methyl sites for hydroxylation is 2. The molecule has 0 unspecified atom stereocenters. The predicted molar refractivity (Wildman–Crippen MR) is 109 cm³/mol. The van der Waals surface area contributed by atoms with Gasteiger partial charge in [0.2, 0.25) is 5.89 Å². The molecule has 2 aromatic carbocycles. The fraction of sp³-hybridized carbons (Fsp3) is 0.227. The van der Waals surface area contributed by atoms with Crippen LogP contribution in [0.1, 0.15) is 29.3 Å². The molecular formula is C22H20ClN3O3. The lowest BCUT2D eigenvalue weighted by atomic mass is 9.92. The Bertz CT molecular complexity index is 1110. The van der Waals surface area contributed by atoms with Crippen LogP contribution < -0.4 is 5.32 Å². The van der Waals surface area contributed by atoms with Crippen molar-refractivity contribution in [1.82, 2.24) is 15.2 Å². The van der Waals surface area contributed by atoms with E-state index in [2.05, 4.69) is 10.3 Å². The van der Waals surface area contributed by atoms with Gasteiger partial charge < -0.3 is 9.73 Å². The molecule has 4 rings (SSSR count). The summed E-state index contributed by atoms with van der Waals surface area (Å²) in [7, 11) is 0. The van der Waals surface area contributed by atoms with Gasteiger partial charge in [0.05, 0.1) is 12.2 Å². The molecule has 0 aliphatic carbocycles. The van der Waals surface area contributed by atoms with Crippen molar-refractivity contribution < 1.29 is 14.0 Å². The highest BCUT2D eigenvalue weighted by Crippen LogP contribution is 2.31. The summed E-state index contributed by atoms with van der Waals surface area (Å²) in [6.45, 7) is 5.72. The molecule has 1 fully saturated rings. The molecule has 3 aromatic rings. The van der Waals surface area contributed by atoms with Gasteiger partial charge in [-0.1, -0.05) is 41.4 Å². The van der Waals surface area contributed by atoms with Crippen molar-refractivity contribution in [3.63, 3.8) is 0 Å². The molecule has 6 nitrogen and oxygen atoms in total. The van der Waals surface area contributed by atoms with Crippen LogP contribution in [0, 0.1) is 13.8 Å². The standard InChI is InChI=1S/C22H20ClN3O3/c1-13-4-9-18(14(2)10-13)19-24-17(12-29-19)11-26-20(27)22(3,25-21(26)28)15-5-7-16(23)8-6-15/h4-10,12H,11H2,1-3H3,(H,25,28)/t22-/m1/s1.